The minimum absolute atomic E-state index is 0.0502. The zero-order valence-electron chi connectivity index (χ0n) is 23.3. The zero-order valence-corrected chi connectivity index (χ0v) is 23.3. The van der Waals surface area contributed by atoms with Gasteiger partial charge in [0.05, 0.1) is 17.4 Å². The number of aromatic nitrogens is 2. The number of fused-ring (bicyclic) bond motifs is 5. The lowest BCUT2D eigenvalue weighted by Crippen LogP contribution is -2.57. The number of carbonyl (C=O) groups excluding carboxylic acids is 3. The maximum Gasteiger partial charge on any atom is 0.249 e. The van der Waals surface area contributed by atoms with Crippen molar-refractivity contribution in [3.05, 3.63) is 83.3 Å². The van der Waals surface area contributed by atoms with Gasteiger partial charge in [-0.25, -0.2) is 0 Å². The molecule has 3 aromatic rings. The summed E-state index contributed by atoms with van der Waals surface area (Å²) in [6, 6.07) is 11.6. The van der Waals surface area contributed by atoms with Crippen LogP contribution in [0, 0.1) is 23.7 Å². The van der Waals surface area contributed by atoms with E-state index in [0.717, 1.165) is 16.5 Å². The van der Waals surface area contributed by atoms with Crippen molar-refractivity contribution in [2.45, 2.75) is 63.7 Å². The van der Waals surface area contributed by atoms with Crippen LogP contribution in [-0.4, -0.2) is 45.2 Å². The summed E-state index contributed by atoms with van der Waals surface area (Å²) in [4.78, 5) is 47.3. The fourth-order valence-electron chi connectivity index (χ4n) is 8.12. The first-order valence-electron chi connectivity index (χ1n) is 14.3. The minimum Gasteiger partial charge on any atom is -0.365 e. The number of rotatable bonds is 2. The number of amides is 1. The van der Waals surface area contributed by atoms with Crippen molar-refractivity contribution < 1.29 is 19.1 Å². The molecule has 8 atom stereocenters. The molecule has 7 rings (SSSR count). The number of carbonyl (C=O) groups is 3. The molecule has 0 unspecified atom stereocenters. The van der Waals surface area contributed by atoms with Crippen molar-refractivity contribution in [3.8, 4) is 0 Å². The Hall–Kier alpha value is -3.71. The van der Waals surface area contributed by atoms with Gasteiger partial charge in [0, 0.05) is 40.7 Å². The molecule has 2 aromatic heterocycles. The van der Waals surface area contributed by atoms with Crippen LogP contribution in [-0.2, 0) is 26.2 Å². The van der Waals surface area contributed by atoms with Crippen LogP contribution in [0.25, 0.3) is 10.9 Å². The van der Waals surface area contributed by atoms with Gasteiger partial charge in [0.1, 0.15) is 5.41 Å². The summed E-state index contributed by atoms with van der Waals surface area (Å²) in [5.41, 5.74) is 2.28. The van der Waals surface area contributed by atoms with E-state index in [1.54, 1.807) is 13.0 Å². The molecule has 1 saturated carbocycles. The van der Waals surface area contributed by atoms with Gasteiger partial charge in [-0.3, -0.25) is 14.4 Å². The van der Waals surface area contributed by atoms with Gasteiger partial charge in [0.15, 0.2) is 0 Å². The molecule has 2 bridgehead atoms. The molecule has 1 spiro atoms. The minimum atomic E-state index is -0.964. The molecule has 2 saturated heterocycles. The molecular weight excluding hydrogens is 502 g/mol. The Morgan fingerprint density at radius 1 is 1.05 bits per heavy atom. The monoisotopic (exact) mass is 537 g/mol. The summed E-state index contributed by atoms with van der Waals surface area (Å²) in [6.07, 6.45) is 9.47. The van der Waals surface area contributed by atoms with E-state index in [1.807, 2.05) is 37.4 Å². The third-order valence-corrected chi connectivity index (χ3v) is 10.3. The van der Waals surface area contributed by atoms with E-state index < -0.39 is 17.0 Å². The predicted molar refractivity (Wildman–Crippen MR) is 152 cm³/mol. The second-order valence-electron chi connectivity index (χ2n) is 12.5. The van der Waals surface area contributed by atoms with Crippen LogP contribution < -0.4 is 5.32 Å². The predicted octanol–water partition coefficient (Wildman–Crippen LogP) is 4.81. The fourth-order valence-corrected chi connectivity index (χ4v) is 8.12. The first kappa shape index (κ1) is 25.3. The van der Waals surface area contributed by atoms with Crippen molar-refractivity contribution in [2.24, 2.45) is 23.7 Å². The summed E-state index contributed by atoms with van der Waals surface area (Å²) in [5, 5.41) is 4.57. The average molecular weight is 538 g/mol. The molecule has 0 radical (unpaired) electrons. The highest BCUT2D eigenvalue weighted by Gasteiger charge is 2.77. The second kappa shape index (κ2) is 8.64. The summed E-state index contributed by atoms with van der Waals surface area (Å²) >= 11 is 0. The Morgan fingerprint density at radius 2 is 1.85 bits per heavy atom. The number of aromatic amines is 2. The molecule has 1 aliphatic carbocycles. The Labute approximate surface area is 233 Å². The summed E-state index contributed by atoms with van der Waals surface area (Å²) in [7, 11) is 0. The first-order valence-corrected chi connectivity index (χ1v) is 14.3. The Morgan fingerprint density at radius 3 is 2.67 bits per heavy atom. The van der Waals surface area contributed by atoms with Crippen LogP contribution in [0.5, 0.6) is 0 Å². The molecule has 206 valence electrons. The van der Waals surface area contributed by atoms with Gasteiger partial charge in [-0.15, -0.1) is 0 Å². The van der Waals surface area contributed by atoms with Crippen LogP contribution >= 0.6 is 0 Å². The molecule has 3 N–H and O–H groups in total. The number of nitrogens with one attached hydrogen (secondary N) is 3. The summed E-state index contributed by atoms with van der Waals surface area (Å²) in [6.45, 7) is 8.10. The second-order valence-corrected chi connectivity index (χ2v) is 12.5. The van der Waals surface area contributed by atoms with Crippen LogP contribution in [0.2, 0.25) is 0 Å². The van der Waals surface area contributed by atoms with E-state index in [-0.39, 0.29) is 53.0 Å². The molecule has 3 fully saturated rings. The van der Waals surface area contributed by atoms with Crippen molar-refractivity contribution in [2.75, 3.05) is 0 Å². The van der Waals surface area contributed by atoms with Gasteiger partial charge >= 0.3 is 0 Å². The molecular formula is C33H35N3O4. The topological polar surface area (TPSA) is 107 Å². The number of Topliss-reactive ketones (excluding diaryl/α,β-unsaturated/α-hetero) is 2. The highest BCUT2D eigenvalue weighted by molar-refractivity contribution is 6.48. The maximum absolute atomic E-state index is 14.4. The molecule has 4 aliphatic rings. The smallest absolute Gasteiger partial charge is 0.249 e. The standard InChI is InChI=1S/C33H35N3O4/c1-17-8-7-10-22-30-32(4,40-30)19(3)27-25(15-20-16-34-23-11-6-5-9-21(20)23)36-31(39)33(22,27)26-13-12-24(35-26)29(38)28(37)18(2)14-17/h5-7,9-14,16-17,19,22,25,27,30,34-35H,8,15H2,1-4H3,(H,36,39)/b10-7-,18-14+/t17-,19-,22-,25-,27-,30-,32+,33+/m0/s1. The molecule has 5 heterocycles. The van der Waals surface area contributed by atoms with E-state index in [1.165, 1.54) is 0 Å². The highest BCUT2D eigenvalue weighted by Crippen LogP contribution is 2.66. The molecule has 1 aromatic carbocycles. The van der Waals surface area contributed by atoms with Crippen LogP contribution in [0.4, 0.5) is 0 Å². The quantitative estimate of drug-likeness (QED) is 0.248. The number of ether oxygens (including phenoxy) is 1. The molecule has 7 nitrogen and oxygen atoms in total. The van der Waals surface area contributed by atoms with Crippen LogP contribution in [0.1, 0.15) is 55.9 Å². The third kappa shape index (κ3) is 3.36. The summed E-state index contributed by atoms with van der Waals surface area (Å²) < 4.78 is 6.48. The van der Waals surface area contributed by atoms with Gasteiger partial charge in [-0.2, -0.15) is 0 Å². The largest absolute Gasteiger partial charge is 0.365 e. The molecule has 7 heteroatoms. The lowest BCUT2D eigenvalue weighted by atomic mass is 9.52. The number of para-hydroxylation sites is 1. The van der Waals surface area contributed by atoms with Crippen molar-refractivity contribution in [1.29, 1.82) is 0 Å². The van der Waals surface area contributed by atoms with Crippen molar-refractivity contribution in [1.82, 2.24) is 15.3 Å². The van der Waals surface area contributed by atoms with E-state index >= 15 is 0 Å². The van der Waals surface area contributed by atoms with E-state index in [9.17, 15) is 14.4 Å². The van der Waals surface area contributed by atoms with Crippen LogP contribution in [0.15, 0.2) is 66.4 Å². The normalized spacial score (nSPS) is 39.1. The number of allylic oxidation sites excluding steroid dienone is 3. The maximum atomic E-state index is 14.4. The van der Waals surface area contributed by atoms with Gasteiger partial charge < -0.3 is 20.0 Å². The van der Waals surface area contributed by atoms with Gasteiger partial charge in [0.2, 0.25) is 17.5 Å². The Balaban J connectivity index is 1.39. The average Bonchev–Trinajstić information content (AvgIpc) is 3.26. The number of hydrogen-bond donors (Lipinski definition) is 3. The van der Waals surface area contributed by atoms with Gasteiger partial charge in [-0.05, 0) is 67.9 Å². The summed E-state index contributed by atoms with van der Waals surface area (Å²) in [5.74, 6) is -1.33. The Bertz CT molecular complexity index is 1630. The lowest BCUT2D eigenvalue weighted by molar-refractivity contribution is -0.127. The van der Waals surface area contributed by atoms with Crippen molar-refractivity contribution in [3.63, 3.8) is 0 Å². The molecule has 1 amide bonds. The Kier molecular flexibility index (Phi) is 5.46. The number of benzene rings is 1. The molecule has 3 aliphatic heterocycles. The van der Waals surface area contributed by atoms with E-state index in [4.69, 9.17) is 4.74 Å². The number of H-pyrrole nitrogens is 2. The van der Waals surface area contributed by atoms with E-state index in [2.05, 4.69) is 53.4 Å². The first-order chi connectivity index (χ1) is 19.2. The van der Waals surface area contributed by atoms with Crippen LogP contribution in [0.3, 0.4) is 0 Å². The van der Waals surface area contributed by atoms with Gasteiger partial charge in [0.25, 0.3) is 0 Å². The van der Waals surface area contributed by atoms with Crippen molar-refractivity contribution >= 4 is 28.4 Å². The molecule has 40 heavy (non-hydrogen) atoms. The number of epoxide rings is 1. The number of hydrogen-bond acceptors (Lipinski definition) is 4. The SMILES string of the molecule is C/C1=C\[C@@H](C)C/C=C\[C@H]2[C@@H]3O[C@]3(C)[C@@H](C)[C@H]3[C@H](Cc4c[nH]c5ccccc45)NC(=O)[C@]32c2ccc([nH]2)C(=O)C1=O. The number of ketones is 2. The fraction of sp³-hybridized carbons (Fsp3) is 0.424. The zero-order chi connectivity index (χ0) is 28.0. The third-order valence-electron chi connectivity index (χ3n) is 10.3. The highest BCUT2D eigenvalue weighted by atomic mass is 16.6. The van der Waals surface area contributed by atoms with Gasteiger partial charge in [-0.1, -0.05) is 50.3 Å². The van der Waals surface area contributed by atoms with E-state index in [0.29, 0.717) is 24.1 Å². The lowest BCUT2D eigenvalue weighted by Gasteiger charge is -2.46.